The van der Waals surface area contributed by atoms with Crippen LogP contribution in [0, 0.1) is 5.41 Å². The van der Waals surface area contributed by atoms with Crippen molar-refractivity contribution in [2.45, 2.75) is 62.9 Å². The fourth-order valence-electron chi connectivity index (χ4n) is 6.38. The Balaban J connectivity index is 1.76. The van der Waals surface area contributed by atoms with E-state index in [4.69, 9.17) is 0 Å². The summed E-state index contributed by atoms with van der Waals surface area (Å²) in [6, 6.07) is 9.60. The van der Waals surface area contributed by atoms with E-state index in [0.717, 1.165) is 6.54 Å². The molecule has 1 aromatic rings. The zero-order chi connectivity index (χ0) is 14.9. The second-order valence-corrected chi connectivity index (χ2v) is 7.81. The van der Waals surface area contributed by atoms with Crippen molar-refractivity contribution in [3.63, 3.8) is 0 Å². The summed E-state index contributed by atoms with van der Waals surface area (Å²) in [4.78, 5) is 15.1. The number of nitrogens with zero attached hydrogens (tertiary/aromatic N) is 1. The number of carbonyl (C=O) groups is 1. The zero-order valence-electron chi connectivity index (χ0n) is 13.3. The van der Waals surface area contributed by atoms with Crippen LogP contribution in [0.2, 0.25) is 0 Å². The van der Waals surface area contributed by atoms with Crippen molar-refractivity contribution in [1.82, 2.24) is 4.90 Å². The largest absolute Gasteiger partial charge is 0.381 e. The van der Waals surface area contributed by atoms with Crippen LogP contribution in [-0.2, 0) is 10.2 Å². The number of benzene rings is 1. The molecule has 3 aliphatic heterocycles. The molecule has 3 heterocycles. The average Bonchev–Trinajstić information content (AvgIpc) is 3.04. The standard InChI is InChI=1S/C19H24N2O/c1-2-18-9-5-11-21-16(22)12-19(17(18)21)13-6-3-4-7-14(13)20-15(19)8-10-18/h3-4,6-7,15,17,20H,2,5,8-12H2,1H3. The predicted molar refractivity (Wildman–Crippen MR) is 86.8 cm³/mol. The van der Waals surface area contributed by atoms with E-state index in [1.807, 2.05) is 0 Å². The van der Waals surface area contributed by atoms with Gasteiger partial charge in [0.25, 0.3) is 0 Å². The van der Waals surface area contributed by atoms with E-state index < -0.39 is 0 Å². The molecule has 1 aromatic carbocycles. The average molecular weight is 296 g/mol. The van der Waals surface area contributed by atoms with Crippen molar-refractivity contribution < 1.29 is 4.79 Å². The first-order valence-corrected chi connectivity index (χ1v) is 8.87. The molecule has 116 valence electrons. The molecule has 0 aromatic heterocycles. The zero-order valence-corrected chi connectivity index (χ0v) is 13.3. The fraction of sp³-hybridized carbons (Fsp3) is 0.632. The topological polar surface area (TPSA) is 32.3 Å². The second-order valence-electron chi connectivity index (χ2n) is 7.81. The number of hydrogen-bond donors (Lipinski definition) is 1. The minimum absolute atomic E-state index is 0.0301. The molecule has 3 heteroatoms. The summed E-state index contributed by atoms with van der Waals surface area (Å²) < 4.78 is 0. The van der Waals surface area contributed by atoms with Gasteiger partial charge in [-0.2, -0.15) is 0 Å². The van der Waals surface area contributed by atoms with Gasteiger partial charge in [0.05, 0.1) is 0 Å². The van der Waals surface area contributed by atoms with Gasteiger partial charge in [-0.3, -0.25) is 4.79 Å². The molecule has 1 aliphatic carbocycles. The smallest absolute Gasteiger partial charge is 0.223 e. The highest BCUT2D eigenvalue weighted by molar-refractivity contribution is 5.85. The molecule has 3 nitrogen and oxygen atoms in total. The van der Waals surface area contributed by atoms with Gasteiger partial charge in [0.2, 0.25) is 5.91 Å². The minimum atomic E-state index is 0.0301. The predicted octanol–water partition coefficient (Wildman–Crippen LogP) is 3.30. The number of piperidine rings is 1. The summed E-state index contributed by atoms with van der Waals surface area (Å²) in [7, 11) is 0. The van der Waals surface area contributed by atoms with Crippen LogP contribution in [0.1, 0.15) is 51.0 Å². The highest BCUT2D eigenvalue weighted by Gasteiger charge is 2.68. The summed E-state index contributed by atoms with van der Waals surface area (Å²) in [5.41, 5.74) is 3.07. The third-order valence-corrected chi connectivity index (χ3v) is 7.23. The molecular formula is C19H24N2O. The Morgan fingerprint density at radius 3 is 3.05 bits per heavy atom. The van der Waals surface area contributed by atoms with Crippen molar-refractivity contribution in [1.29, 1.82) is 0 Å². The van der Waals surface area contributed by atoms with Gasteiger partial charge in [-0.15, -0.1) is 0 Å². The van der Waals surface area contributed by atoms with Crippen LogP contribution in [0.15, 0.2) is 24.3 Å². The lowest BCUT2D eigenvalue weighted by Gasteiger charge is -2.57. The summed E-state index contributed by atoms with van der Waals surface area (Å²) in [5.74, 6) is 0.396. The number of para-hydroxylation sites is 1. The lowest BCUT2D eigenvalue weighted by Crippen LogP contribution is -2.63. The van der Waals surface area contributed by atoms with Crippen LogP contribution in [0.3, 0.4) is 0 Å². The third kappa shape index (κ3) is 1.28. The van der Waals surface area contributed by atoms with Gasteiger partial charge in [0, 0.05) is 36.2 Å². The molecule has 1 saturated carbocycles. The third-order valence-electron chi connectivity index (χ3n) is 7.23. The van der Waals surface area contributed by atoms with E-state index in [9.17, 15) is 4.79 Å². The summed E-state index contributed by atoms with van der Waals surface area (Å²) in [6.45, 7) is 3.32. The molecule has 4 atom stereocenters. The van der Waals surface area contributed by atoms with E-state index >= 15 is 0 Å². The van der Waals surface area contributed by atoms with Crippen LogP contribution in [-0.4, -0.2) is 29.4 Å². The Hall–Kier alpha value is -1.51. The first-order chi connectivity index (χ1) is 10.7. The van der Waals surface area contributed by atoms with Gasteiger partial charge in [0.15, 0.2) is 0 Å². The fourth-order valence-corrected chi connectivity index (χ4v) is 6.38. The maximum Gasteiger partial charge on any atom is 0.223 e. The molecule has 1 spiro atoms. The van der Waals surface area contributed by atoms with E-state index in [0.29, 0.717) is 29.8 Å². The molecule has 4 aliphatic rings. The van der Waals surface area contributed by atoms with Gasteiger partial charge < -0.3 is 10.2 Å². The van der Waals surface area contributed by atoms with Gasteiger partial charge in [0.1, 0.15) is 0 Å². The molecule has 5 rings (SSSR count). The van der Waals surface area contributed by atoms with Crippen LogP contribution in [0.4, 0.5) is 5.69 Å². The first-order valence-electron chi connectivity index (χ1n) is 8.87. The van der Waals surface area contributed by atoms with Gasteiger partial charge in [-0.25, -0.2) is 0 Å². The van der Waals surface area contributed by atoms with E-state index in [1.165, 1.54) is 43.4 Å². The van der Waals surface area contributed by atoms with Crippen LogP contribution in [0.5, 0.6) is 0 Å². The second kappa shape index (κ2) is 4.06. The van der Waals surface area contributed by atoms with Crippen LogP contribution in [0.25, 0.3) is 0 Å². The van der Waals surface area contributed by atoms with Gasteiger partial charge in [-0.1, -0.05) is 25.1 Å². The lowest BCUT2D eigenvalue weighted by atomic mass is 9.52. The normalized spacial score (nSPS) is 41.7. The van der Waals surface area contributed by atoms with Crippen LogP contribution >= 0.6 is 0 Å². The number of nitrogens with one attached hydrogen (secondary N) is 1. The Morgan fingerprint density at radius 1 is 1.32 bits per heavy atom. The maximum atomic E-state index is 12.9. The number of rotatable bonds is 1. The van der Waals surface area contributed by atoms with E-state index in [-0.39, 0.29) is 5.41 Å². The molecular weight excluding hydrogens is 272 g/mol. The SMILES string of the molecule is CCC12CCCN3C(=O)CC4(c5ccccc5NC4CC1)C32. The van der Waals surface area contributed by atoms with Crippen LogP contribution < -0.4 is 5.32 Å². The Morgan fingerprint density at radius 2 is 2.18 bits per heavy atom. The maximum absolute atomic E-state index is 12.9. The Kier molecular flexibility index (Phi) is 2.40. The molecule has 1 N–H and O–H groups in total. The monoisotopic (exact) mass is 296 g/mol. The molecule has 4 unspecified atom stereocenters. The summed E-state index contributed by atoms with van der Waals surface area (Å²) in [6.07, 6.45) is 6.89. The molecule has 2 saturated heterocycles. The Bertz CT molecular complexity index is 657. The number of anilines is 1. The molecule has 0 bridgehead atoms. The Labute approximate surface area is 132 Å². The minimum Gasteiger partial charge on any atom is -0.381 e. The molecule has 22 heavy (non-hydrogen) atoms. The summed E-state index contributed by atoms with van der Waals surface area (Å²) >= 11 is 0. The van der Waals surface area contributed by atoms with Gasteiger partial charge in [-0.05, 0) is 49.1 Å². The molecule has 0 radical (unpaired) electrons. The first kappa shape index (κ1) is 13.0. The molecule has 1 amide bonds. The van der Waals surface area contributed by atoms with E-state index in [1.54, 1.807) is 0 Å². The highest BCUT2D eigenvalue weighted by Crippen LogP contribution is 2.64. The van der Waals surface area contributed by atoms with Crippen molar-refractivity contribution in [3.8, 4) is 0 Å². The van der Waals surface area contributed by atoms with Crippen molar-refractivity contribution >= 4 is 11.6 Å². The van der Waals surface area contributed by atoms with Crippen molar-refractivity contribution in [2.75, 3.05) is 11.9 Å². The van der Waals surface area contributed by atoms with Crippen molar-refractivity contribution in [2.24, 2.45) is 5.41 Å². The number of carbonyl (C=O) groups excluding carboxylic acids is 1. The van der Waals surface area contributed by atoms with E-state index in [2.05, 4.69) is 41.4 Å². The number of hydrogen-bond acceptors (Lipinski definition) is 2. The lowest BCUT2D eigenvalue weighted by molar-refractivity contribution is -0.134. The van der Waals surface area contributed by atoms with Crippen molar-refractivity contribution in [3.05, 3.63) is 29.8 Å². The van der Waals surface area contributed by atoms with Gasteiger partial charge >= 0.3 is 0 Å². The number of amides is 1. The number of fused-ring (bicyclic) bond motifs is 1. The summed E-state index contributed by atoms with van der Waals surface area (Å²) in [5, 5.41) is 3.77. The quantitative estimate of drug-likeness (QED) is 0.862. The molecule has 3 fully saturated rings. The highest BCUT2D eigenvalue weighted by atomic mass is 16.2.